The maximum atomic E-state index is 13.2. The molecule has 7 heteroatoms. The summed E-state index contributed by atoms with van der Waals surface area (Å²) in [6.45, 7) is 2.18. The van der Waals surface area contributed by atoms with Crippen LogP contribution in [0.15, 0.2) is 34.5 Å². The molecule has 2 rings (SSSR count). The second-order valence-corrected chi connectivity index (χ2v) is 6.97. The number of anilines is 1. The van der Waals surface area contributed by atoms with Crippen LogP contribution in [0.25, 0.3) is 0 Å². The number of sulfonamides is 1. The van der Waals surface area contributed by atoms with Crippen molar-refractivity contribution in [3.63, 3.8) is 0 Å². The van der Waals surface area contributed by atoms with Gasteiger partial charge in [0.05, 0.1) is 5.69 Å². The number of nitrogens with two attached hydrogens (primary N) is 1. The first-order chi connectivity index (χ1) is 9.44. The van der Waals surface area contributed by atoms with E-state index in [0.29, 0.717) is 0 Å². The lowest BCUT2D eigenvalue weighted by Crippen LogP contribution is -2.24. The molecule has 0 bridgehead atoms. The molecule has 0 saturated heterocycles. The largest absolute Gasteiger partial charge is 0.398 e. The minimum Gasteiger partial charge on any atom is -0.398 e. The van der Waals surface area contributed by atoms with Crippen molar-refractivity contribution >= 4 is 27.0 Å². The highest BCUT2D eigenvalue weighted by Crippen LogP contribution is 2.21. The lowest BCUT2D eigenvalue weighted by atomic mass is 10.2. The van der Waals surface area contributed by atoms with Crippen LogP contribution in [0, 0.1) is 5.82 Å². The van der Waals surface area contributed by atoms with E-state index in [9.17, 15) is 12.8 Å². The van der Waals surface area contributed by atoms with Crippen LogP contribution in [-0.4, -0.2) is 8.42 Å². The number of hydrogen-bond donors (Lipinski definition) is 2. The van der Waals surface area contributed by atoms with Crippen LogP contribution in [0.5, 0.6) is 0 Å². The normalized spacial score (nSPS) is 11.7. The van der Waals surface area contributed by atoms with Crippen molar-refractivity contribution in [3.05, 3.63) is 45.9 Å². The average molecular weight is 314 g/mol. The fourth-order valence-corrected chi connectivity index (χ4v) is 3.96. The van der Waals surface area contributed by atoms with E-state index in [1.807, 2.05) is 18.4 Å². The molecule has 0 aliphatic carbocycles. The molecule has 1 aromatic carbocycles. The molecule has 0 atom stereocenters. The van der Waals surface area contributed by atoms with Gasteiger partial charge in [0.1, 0.15) is 10.7 Å². The highest BCUT2D eigenvalue weighted by atomic mass is 32.2. The SMILES string of the molecule is CCc1ccsc1CNS(=O)(=O)c1cc(F)ccc1N. The molecule has 0 aliphatic heterocycles. The zero-order chi connectivity index (χ0) is 14.8. The van der Waals surface area contributed by atoms with Crippen LogP contribution in [0.4, 0.5) is 10.1 Å². The van der Waals surface area contributed by atoms with Gasteiger partial charge in [0.2, 0.25) is 10.0 Å². The predicted molar refractivity (Wildman–Crippen MR) is 78.5 cm³/mol. The summed E-state index contributed by atoms with van der Waals surface area (Å²) in [6, 6.07) is 5.26. The van der Waals surface area contributed by atoms with Gasteiger partial charge in [0.15, 0.2) is 0 Å². The first-order valence-electron chi connectivity index (χ1n) is 6.04. The molecule has 0 fully saturated rings. The summed E-state index contributed by atoms with van der Waals surface area (Å²) >= 11 is 1.49. The molecule has 20 heavy (non-hydrogen) atoms. The molecule has 0 unspecified atom stereocenters. The topological polar surface area (TPSA) is 72.2 Å². The number of halogens is 1. The van der Waals surface area contributed by atoms with Gasteiger partial charge in [-0.25, -0.2) is 17.5 Å². The molecular weight excluding hydrogens is 299 g/mol. The Labute approximate surface area is 121 Å². The Morgan fingerprint density at radius 3 is 2.80 bits per heavy atom. The monoisotopic (exact) mass is 314 g/mol. The minimum absolute atomic E-state index is 0.0285. The smallest absolute Gasteiger partial charge is 0.243 e. The Morgan fingerprint density at radius 1 is 1.35 bits per heavy atom. The number of aryl methyl sites for hydroxylation is 1. The third kappa shape index (κ3) is 3.17. The Kier molecular flexibility index (Phi) is 4.42. The van der Waals surface area contributed by atoms with Crippen molar-refractivity contribution in [2.75, 3.05) is 5.73 Å². The van der Waals surface area contributed by atoms with Crippen molar-refractivity contribution in [3.8, 4) is 0 Å². The van der Waals surface area contributed by atoms with E-state index in [0.717, 1.165) is 29.0 Å². The van der Waals surface area contributed by atoms with E-state index in [1.165, 1.54) is 17.4 Å². The molecule has 1 aromatic heterocycles. The van der Waals surface area contributed by atoms with E-state index in [4.69, 9.17) is 5.73 Å². The highest BCUT2D eigenvalue weighted by Gasteiger charge is 2.18. The zero-order valence-electron chi connectivity index (χ0n) is 10.9. The molecule has 0 aliphatic rings. The fraction of sp³-hybridized carbons (Fsp3) is 0.231. The van der Waals surface area contributed by atoms with Crippen LogP contribution >= 0.6 is 11.3 Å². The van der Waals surface area contributed by atoms with Gasteiger partial charge in [-0.1, -0.05) is 6.92 Å². The highest BCUT2D eigenvalue weighted by molar-refractivity contribution is 7.89. The van der Waals surface area contributed by atoms with Gasteiger partial charge in [-0.2, -0.15) is 0 Å². The Morgan fingerprint density at radius 2 is 2.10 bits per heavy atom. The number of nitrogen functional groups attached to an aromatic ring is 1. The first-order valence-corrected chi connectivity index (χ1v) is 8.40. The van der Waals surface area contributed by atoms with Gasteiger partial charge >= 0.3 is 0 Å². The van der Waals surface area contributed by atoms with Crippen molar-refractivity contribution in [1.29, 1.82) is 0 Å². The molecule has 0 saturated carbocycles. The Hall–Kier alpha value is -1.44. The first kappa shape index (κ1) is 15.0. The van der Waals surface area contributed by atoms with Crippen LogP contribution in [0.2, 0.25) is 0 Å². The molecule has 3 N–H and O–H groups in total. The summed E-state index contributed by atoms with van der Waals surface area (Å²) in [7, 11) is -3.82. The second-order valence-electron chi connectivity index (χ2n) is 4.23. The maximum absolute atomic E-state index is 13.2. The number of thiophene rings is 1. The van der Waals surface area contributed by atoms with E-state index in [-0.39, 0.29) is 17.1 Å². The van der Waals surface area contributed by atoms with Crippen LogP contribution in [0.1, 0.15) is 17.4 Å². The van der Waals surface area contributed by atoms with Gasteiger partial charge in [0.25, 0.3) is 0 Å². The molecule has 4 nitrogen and oxygen atoms in total. The van der Waals surface area contributed by atoms with Crippen molar-refractivity contribution in [2.24, 2.45) is 0 Å². The lowest BCUT2D eigenvalue weighted by Gasteiger charge is -2.09. The summed E-state index contributed by atoms with van der Waals surface area (Å²) < 4.78 is 39.9. The zero-order valence-corrected chi connectivity index (χ0v) is 12.5. The number of hydrogen-bond acceptors (Lipinski definition) is 4. The molecule has 0 spiro atoms. The second kappa shape index (κ2) is 5.90. The minimum atomic E-state index is -3.82. The summed E-state index contributed by atoms with van der Waals surface area (Å²) in [4.78, 5) is 0.721. The van der Waals surface area contributed by atoms with E-state index < -0.39 is 15.8 Å². The van der Waals surface area contributed by atoms with E-state index in [1.54, 1.807) is 0 Å². The van der Waals surface area contributed by atoms with Gasteiger partial charge in [-0.05, 0) is 41.6 Å². The summed E-state index contributed by atoms with van der Waals surface area (Å²) in [5.41, 5.74) is 6.73. The van der Waals surface area contributed by atoms with E-state index in [2.05, 4.69) is 4.72 Å². The van der Waals surface area contributed by atoms with Gasteiger partial charge in [-0.15, -0.1) is 11.3 Å². The number of rotatable bonds is 5. The molecule has 108 valence electrons. The van der Waals surface area contributed by atoms with Crippen LogP contribution in [-0.2, 0) is 23.0 Å². The van der Waals surface area contributed by atoms with Crippen molar-refractivity contribution in [1.82, 2.24) is 4.72 Å². The summed E-state index contributed by atoms with van der Waals surface area (Å²) in [5, 5.41) is 1.92. The number of benzene rings is 1. The fourth-order valence-electron chi connectivity index (χ4n) is 1.82. The Balaban J connectivity index is 2.21. The third-order valence-corrected chi connectivity index (χ3v) is 5.33. The quantitative estimate of drug-likeness (QED) is 0.833. The average Bonchev–Trinajstić information content (AvgIpc) is 2.86. The van der Waals surface area contributed by atoms with E-state index >= 15 is 0 Å². The van der Waals surface area contributed by atoms with Gasteiger partial charge in [0, 0.05) is 11.4 Å². The number of nitrogens with one attached hydrogen (secondary N) is 1. The Bertz CT molecular complexity index is 711. The van der Waals surface area contributed by atoms with Crippen molar-refractivity contribution in [2.45, 2.75) is 24.8 Å². The predicted octanol–water partition coefficient (Wildman–Crippen LogP) is 2.51. The van der Waals surface area contributed by atoms with Crippen LogP contribution < -0.4 is 10.5 Å². The molecular formula is C13H15FN2O2S2. The third-order valence-electron chi connectivity index (χ3n) is 2.91. The summed E-state index contributed by atoms with van der Waals surface area (Å²) in [6.07, 6.45) is 0.836. The van der Waals surface area contributed by atoms with Crippen molar-refractivity contribution < 1.29 is 12.8 Å². The standard InChI is InChI=1S/C13H15FN2O2S2/c1-2-9-5-6-19-12(9)8-16-20(17,18)13-7-10(14)3-4-11(13)15/h3-7,16H,2,8,15H2,1H3. The molecule has 0 amide bonds. The summed E-state index contributed by atoms with van der Waals surface area (Å²) in [5.74, 6) is -0.634. The lowest BCUT2D eigenvalue weighted by molar-refractivity contribution is 0.578. The maximum Gasteiger partial charge on any atom is 0.243 e. The van der Waals surface area contributed by atoms with Gasteiger partial charge in [-0.3, -0.25) is 0 Å². The van der Waals surface area contributed by atoms with Gasteiger partial charge < -0.3 is 5.73 Å². The molecule has 1 heterocycles. The van der Waals surface area contributed by atoms with Crippen LogP contribution in [0.3, 0.4) is 0 Å². The molecule has 2 aromatic rings. The molecule has 0 radical (unpaired) electrons.